The number of hydrogen-bond donors (Lipinski definition) is 1. The standard InChI is InChI=1S/C18H26FN/c1-13-3-2-4-14(11-13)9-10-20-18-8-5-15-12-16(19)6-7-17(15)18/h6-7,12-14,18,20H,2-5,8-11H2,1H3. The molecule has 0 saturated heterocycles. The molecule has 0 bridgehead atoms. The van der Waals surface area contributed by atoms with E-state index in [4.69, 9.17) is 0 Å². The molecule has 2 aliphatic carbocycles. The van der Waals surface area contributed by atoms with Crippen LogP contribution in [0.5, 0.6) is 0 Å². The van der Waals surface area contributed by atoms with Crippen molar-refractivity contribution in [1.29, 1.82) is 0 Å². The lowest BCUT2D eigenvalue weighted by Crippen LogP contribution is -2.24. The van der Waals surface area contributed by atoms with E-state index in [0.29, 0.717) is 6.04 Å². The second-order valence-corrected chi connectivity index (χ2v) is 6.81. The van der Waals surface area contributed by atoms with Crippen LogP contribution < -0.4 is 5.32 Å². The van der Waals surface area contributed by atoms with Crippen LogP contribution >= 0.6 is 0 Å². The van der Waals surface area contributed by atoms with Gasteiger partial charge in [-0.1, -0.05) is 32.3 Å². The summed E-state index contributed by atoms with van der Waals surface area (Å²) in [5.74, 6) is 1.74. The van der Waals surface area contributed by atoms with Crippen molar-refractivity contribution < 1.29 is 4.39 Å². The van der Waals surface area contributed by atoms with Gasteiger partial charge < -0.3 is 5.32 Å². The van der Waals surface area contributed by atoms with Gasteiger partial charge in [0.15, 0.2) is 0 Å². The van der Waals surface area contributed by atoms with Gasteiger partial charge in [0.05, 0.1) is 0 Å². The lowest BCUT2D eigenvalue weighted by atomic mass is 9.81. The summed E-state index contributed by atoms with van der Waals surface area (Å²) in [6.07, 6.45) is 9.11. The van der Waals surface area contributed by atoms with Crippen molar-refractivity contribution in [3.8, 4) is 0 Å². The second-order valence-electron chi connectivity index (χ2n) is 6.81. The minimum atomic E-state index is -0.0967. The third kappa shape index (κ3) is 3.22. The van der Waals surface area contributed by atoms with Gasteiger partial charge in [0.25, 0.3) is 0 Å². The van der Waals surface area contributed by atoms with Gasteiger partial charge in [0.2, 0.25) is 0 Å². The topological polar surface area (TPSA) is 12.0 Å². The van der Waals surface area contributed by atoms with Crippen molar-refractivity contribution in [2.75, 3.05) is 6.54 Å². The van der Waals surface area contributed by atoms with Gasteiger partial charge in [-0.3, -0.25) is 0 Å². The molecule has 110 valence electrons. The monoisotopic (exact) mass is 275 g/mol. The molecule has 1 N–H and O–H groups in total. The predicted octanol–water partition coefficient (Wildman–Crippen LogP) is 4.62. The summed E-state index contributed by atoms with van der Waals surface area (Å²) in [6.45, 7) is 3.50. The molecular formula is C18H26FN. The zero-order chi connectivity index (χ0) is 13.9. The molecule has 0 amide bonds. The average Bonchev–Trinajstić information content (AvgIpc) is 2.81. The number of halogens is 1. The van der Waals surface area contributed by atoms with Crippen molar-refractivity contribution in [3.05, 3.63) is 35.1 Å². The molecule has 2 heteroatoms. The van der Waals surface area contributed by atoms with Gasteiger partial charge in [0.1, 0.15) is 5.82 Å². The van der Waals surface area contributed by atoms with Gasteiger partial charge in [-0.2, -0.15) is 0 Å². The maximum Gasteiger partial charge on any atom is 0.123 e. The Kier molecular flexibility index (Phi) is 4.40. The molecule has 3 atom stereocenters. The number of nitrogens with one attached hydrogen (secondary N) is 1. The summed E-state index contributed by atoms with van der Waals surface area (Å²) in [4.78, 5) is 0. The lowest BCUT2D eigenvalue weighted by molar-refractivity contribution is 0.265. The maximum atomic E-state index is 13.2. The Bertz CT molecular complexity index is 457. The van der Waals surface area contributed by atoms with E-state index in [9.17, 15) is 4.39 Å². The largest absolute Gasteiger partial charge is 0.310 e. The number of hydrogen-bond acceptors (Lipinski definition) is 1. The van der Waals surface area contributed by atoms with Crippen LogP contribution in [0.2, 0.25) is 0 Å². The first kappa shape index (κ1) is 14.1. The minimum Gasteiger partial charge on any atom is -0.310 e. The van der Waals surface area contributed by atoms with Crippen LogP contribution in [0.1, 0.15) is 62.6 Å². The molecule has 3 unspecified atom stereocenters. The highest BCUT2D eigenvalue weighted by Crippen LogP contribution is 2.33. The van der Waals surface area contributed by atoms with Crippen LogP contribution in [-0.2, 0) is 6.42 Å². The van der Waals surface area contributed by atoms with Crippen LogP contribution in [0, 0.1) is 17.7 Å². The number of benzene rings is 1. The zero-order valence-electron chi connectivity index (χ0n) is 12.5. The SMILES string of the molecule is CC1CCCC(CCNC2CCc3cc(F)ccc32)C1. The Hall–Kier alpha value is -0.890. The van der Waals surface area contributed by atoms with Gasteiger partial charge in [-0.15, -0.1) is 0 Å². The van der Waals surface area contributed by atoms with Crippen molar-refractivity contribution in [3.63, 3.8) is 0 Å². The smallest absolute Gasteiger partial charge is 0.123 e. The van der Waals surface area contributed by atoms with Crippen molar-refractivity contribution in [1.82, 2.24) is 5.32 Å². The molecular weight excluding hydrogens is 249 g/mol. The van der Waals surface area contributed by atoms with E-state index in [0.717, 1.165) is 31.2 Å². The molecule has 0 aromatic heterocycles. The van der Waals surface area contributed by atoms with Crippen molar-refractivity contribution in [2.24, 2.45) is 11.8 Å². The van der Waals surface area contributed by atoms with Gasteiger partial charge >= 0.3 is 0 Å². The molecule has 1 nitrogen and oxygen atoms in total. The van der Waals surface area contributed by atoms with Crippen LogP contribution in [0.15, 0.2) is 18.2 Å². The Balaban J connectivity index is 1.48. The van der Waals surface area contributed by atoms with Crippen LogP contribution in [0.4, 0.5) is 4.39 Å². The van der Waals surface area contributed by atoms with E-state index in [1.807, 2.05) is 6.07 Å². The maximum absolute atomic E-state index is 13.2. The zero-order valence-corrected chi connectivity index (χ0v) is 12.5. The molecule has 1 aromatic carbocycles. The molecule has 1 saturated carbocycles. The molecule has 20 heavy (non-hydrogen) atoms. The third-order valence-corrected chi connectivity index (χ3v) is 5.17. The van der Waals surface area contributed by atoms with E-state index >= 15 is 0 Å². The highest BCUT2D eigenvalue weighted by Gasteiger charge is 2.23. The molecule has 0 aliphatic heterocycles. The average molecular weight is 275 g/mol. The van der Waals surface area contributed by atoms with E-state index in [1.165, 1.54) is 43.2 Å². The Morgan fingerprint density at radius 2 is 2.15 bits per heavy atom. The first-order valence-corrected chi connectivity index (χ1v) is 8.24. The third-order valence-electron chi connectivity index (χ3n) is 5.17. The van der Waals surface area contributed by atoms with E-state index in [-0.39, 0.29) is 5.82 Å². The van der Waals surface area contributed by atoms with E-state index in [2.05, 4.69) is 12.2 Å². The van der Waals surface area contributed by atoms with Crippen molar-refractivity contribution in [2.45, 2.75) is 57.9 Å². The fourth-order valence-corrected chi connectivity index (χ4v) is 4.08. The number of aryl methyl sites for hydroxylation is 1. The first-order chi connectivity index (χ1) is 9.72. The summed E-state index contributed by atoms with van der Waals surface area (Å²) in [5, 5.41) is 3.70. The van der Waals surface area contributed by atoms with Crippen LogP contribution in [0.3, 0.4) is 0 Å². The van der Waals surface area contributed by atoms with Crippen molar-refractivity contribution >= 4 is 0 Å². The molecule has 0 spiro atoms. The van der Waals surface area contributed by atoms with Gasteiger partial charge in [-0.25, -0.2) is 4.39 Å². The second kappa shape index (κ2) is 6.26. The minimum absolute atomic E-state index is 0.0967. The van der Waals surface area contributed by atoms with Gasteiger partial charge in [0, 0.05) is 6.04 Å². The summed E-state index contributed by atoms with van der Waals surface area (Å²) >= 11 is 0. The molecule has 1 aromatic rings. The molecule has 0 heterocycles. The lowest BCUT2D eigenvalue weighted by Gasteiger charge is -2.27. The summed E-state index contributed by atoms with van der Waals surface area (Å²) < 4.78 is 13.2. The molecule has 0 radical (unpaired) electrons. The fourth-order valence-electron chi connectivity index (χ4n) is 4.08. The Morgan fingerprint density at radius 3 is 3.00 bits per heavy atom. The Labute approximate surface area is 122 Å². The summed E-state index contributed by atoms with van der Waals surface area (Å²) in [7, 11) is 0. The fraction of sp³-hybridized carbons (Fsp3) is 0.667. The van der Waals surface area contributed by atoms with Crippen LogP contribution in [0.25, 0.3) is 0 Å². The van der Waals surface area contributed by atoms with Gasteiger partial charge in [-0.05, 0) is 67.3 Å². The molecule has 2 aliphatic rings. The quantitative estimate of drug-likeness (QED) is 0.845. The summed E-state index contributed by atoms with van der Waals surface area (Å²) in [6, 6.07) is 5.73. The summed E-state index contributed by atoms with van der Waals surface area (Å²) in [5.41, 5.74) is 2.53. The first-order valence-electron chi connectivity index (χ1n) is 8.24. The molecule has 3 rings (SSSR count). The van der Waals surface area contributed by atoms with Crippen LogP contribution in [-0.4, -0.2) is 6.54 Å². The van der Waals surface area contributed by atoms with E-state index in [1.54, 1.807) is 12.1 Å². The normalized spacial score (nSPS) is 29.4. The Morgan fingerprint density at radius 1 is 1.25 bits per heavy atom. The number of rotatable bonds is 4. The van der Waals surface area contributed by atoms with E-state index < -0.39 is 0 Å². The molecule has 1 fully saturated rings. The highest BCUT2D eigenvalue weighted by atomic mass is 19.1. The predicted molar refractivity (Wildman–Crippen MR) is 81.2 cm³/mol. The number of fused-ring (bicyclic) bond motifs is 1. The highest BCUT2D eigenvalue weighted by molar-refractivity contribution is 5.34.